The zero-order valence-corrected chi connectivity index (χ0v) is 10.5. The van der Waals surface area contributed by atoms with Gasteiger partial charge in [0.25, 0.3) is 5.91 Å². The number of nitrogens with one attached hydrogen (secondary N) is 1. The number of benzene rings is 1. The molecule has 1 unspecified atom stereocenters. The first-order valence-electron chi connectivity index (χ1n) is 5.56. The van der Waals surface area contributed by atoms with Crippen LogP contribution in [0.1, 0.15) is 30.1 Å². The first kappa shape index (κ1) is 13.8. The Hall–Kier alpha value is -1.26. The molecule has 0 radical (unpaired) electrons. The third-order valence-corrected chi connectivity index (χ3v) is 2.62. The second kappa shape index (κ2) is 6.47. The minimum Gasteiger partial charge on any atom is -0.398 e. The van der Waals surface area contributed by atoms with E-state index in [0.29, 0.717) is 22.7 Å². The third kappa shape index (κ3) is 4.24. The van der Waals surface area contributed by atoms with E-state index >= 15 is 0 Å². The van der Waals surface area contributed by atoms with Crippen molar-refractivity contribution in [3.8, 4) is 0 Å². The lowest BCUT2D eigenvalue weighted by Gasteiger charge is -2.11. The molecule has 0 aliphatic carbocycles. The standard InChI is InChI=1S/C12H17ClN2O2/c1-2-3-9(16)7-15-12(17)10-6-8(13)4-5-11(10)14/h4-6,9,16H,2-3,7,14H2,1H3,(H,15,17). The molecule has 4 N–H and O–H groups in total. The maximum absolute atomic E-state index is 11.8. The van der Waals surface area contributed by atoms with Gasteiger partial charge in [-0.2, -0.15) is 0 Å². The number of rotatable bonds is 5. The van der Waals surface area contributed by atoms with Crippen LogP contribution < -0.4 is 11.1 Å². The minimum absolute atomic E-state index is 0.221. The quantitative estimate of drug-likeness (QED) is 0.704. The smallest absolute Gasteiger partial charge is 0.253 e. The number of nitrogens with two attached hydrogens (primary N) is 1. The number of halogens is 1. The summed E-state index contributed by atoms with van der Waals surface area (Å²) in [5.74, 6) is -0.319. The van der Waals surface area contributed by atoms with Crippen molar-refractivity contribution >= 4 is 23.2 Å². The van der Waals surface area contributed by atoms with E-state index in [0.717, 1.165) is 6.42 Å². The molecule has 0 heterocycles. The summed E-state index contributed by atoms with van der Waals surface area (Å²) >= 11 is 5.79. The van der Waals surface area contributed by atoms with E-state index in [9.17, 15) is 9.90 Å². The molecule has 0 aliphatic heterocycles. The molecule has 1 aromatic carbocycles. The van der Waals surface area contributed by atoms with Gasteiger partial charge in [-0.05, 0) is 24.6 Å². The Morgan fingerprint density at radius 3 is 2.94 bits per heavy atom. The van der Waals surface area contributed by atoms with E-state index in [-0.39, 0.29) is 12.5 Å². The largest absolute Gasteiger partial charge is 0.398 e. The zero-order valence-electron chi connectivity index (χ0n) is 9.74. The van der Waals surface area contributed by atoms with E-state index in [1.54, 1.807) is 12.1 Å². The average molecular weight is 257 g/mol. The van der Waals surface area contributed by atoms with Crippen molar-refractivity contribution in [1.82, 2.24) is 5.32 Å². The van der Waals surface area contributed by atoms with Gasteiger partial charge in [0.1, 0.15) is 0 Å². The van der Waals surface area contributed by atoms with Gasteiger partial charge in [-0.25, -0.2) is 0 Å². The first-order chi connectivity index (χ1) is 8.04. The number of amides is 1. The van der Waals surface area contributed by atoms with E-state index in [4.69, 9.17) is 17.3 Å². The fourth-order valence-corrected chi connectivity index (χ4v) is 1.64. The molecule has 0 aliphatic rings. The van der Waals surface area contributed by atoms with Crippen LogP contribution in [0.15, 0.2) is 18.2 Å². The first-order valence-corrected chi connectivity index (χ1v) is 5.93. The molecule has 0 spiro atoms. The fourth-order valence-electron chi connectivity index (χ4n) is 1.47. The zero-order chi connectivity index (χ0) is 12.8. The van der Waals surface area contributed by atoms with Crippen molar-refractivity contribution < 1.29 is 9.90 Å². The molecule has 0 saturated heterocycles. The Kier molecular flexibility index (Phi) is 5.25. The molecule has 4 nitrogen and oxygen atoms in total. The monoisotopic (exact) mass is 256 g/mol. The predicted octanol–water partition coefficient (Wildman–Crippen LogP) is 1.81. The summed E-state index contributed by atoms with van der Waals surface area (Å²) in [5.41, 5.74) is 6.38. The Labute approximate surface area is 106 Å². The molecule has 0 aromatic heterocycles. The highest BCUT2D eigenvalue weighted by Gasteiger charge is 2.11. The summed E-state index contributed by atoms with van der Waals surface area (Å²) in [6.45, 7) is 2.19. The lowest BCUT2D eigenvalue weighted by atomic mass is 10.1. The molecule has 0 saturated carbocycles. The topological polar surface area (TPSA) is 75.3 Å². The fraction of sp³-hybridized carbons (Fsp3) is 0.417. The number of aliphatic hydroxyl groups excluding tert-OH is 1. The number of nitrogen functional groups attached to an aromatic ring is 1. The van der Waals surface area contributed by atoms with Gasteiger partial charge in [0.05, 0.1) is 11.7 Å². The van der Waals surface area contributed by atoms with Crippen molar-refractivity contribution in [2.45, 2.75) is 25.9 Å². The van der Waals surface area contributed by atoms with Gasteiger partial charge in [-0.3, -0.25) is 4.79 Å². The third-order valence-electron chi connectivity index (χ3n) is 2.38. The number of carbonyl (C=O) groups excluding carboxylic acids is 1. The van der Waals surface area contributed by atoms with Crippen LogP contribution in [-0.4, -0.2) is 23.7 Å². The average Bonchev–Trinajstić information content (AvgIpc) is 2.29. The second-order valence-electron chi connectivity index (χ2n) is 3.88. The number of aliphatic hydroxyl groups is 1. The van der Waals surface area contributed by atoms with E-state index in [1.165, 1.54) is 6.07 Å². The van der Waals surface area contributed by atoms with Crippen LogP contribution in [0.2, 0.25) is 5.02 Å². The second-order valence-corrected chi connectivity index (χ2v) is 4.32. The van der Waals surface area contributed by atoms with Gasteiger partial charge in [-0.1, -0.05) is 24.9 Å². The minimum atomic E-state index is -0.524. The summed E-state index contributed by atoms with van der Waals surface area (Å²) in [4.78, 5) is 11.8. The van der Waals surface area contributed by atoms with Crippen LogP contribution in [0.5, 0.6) is 0 Å². The summed E-state index contributed by atoms with van der Waals surface area (Å²) in [7, 11) is 0. The summed E-state index contributed by atoms with van der Waals surface area (Å²) in [6, 6.07) is 4.72. The van der Waals surface area contributed by atoms with Gasteiger partial charge in [0, 0.05) is 17.3 Å². The Morgan fingerprint density at radius 2 is 2.29 bits per heavy atom. The molecule has 5 heteroatoms. The normalized spacial score (nSPS) is 12.2. The molecule has 1 atom stereocenters. The molecule has 0 fully saturated rings. The number of hydrogen-bond donors (Lipinski definition) is 3. The highest BCUT2D eigenvalue weighted by Crippen LogP contribution is 2.17. The number of anilines is 1. The Morgan fingerprint density at radius 1 is 1.59 bits per heavy atom. The molecular weight excluding hydrogens is 240 g/mol. The van der Waals surface area contributed by atoms with Crippen LogP contribution in [0.25, 0.3) is 0 Å². The van der Waals surface area contributed by atoms with Crippen molar-refractivity contribution in [1.29, 1.82) is 0 Å². The van der Waals surface area contributed by atoms with Gasteiger partial charge < -0.3 is 16.2 Å². The van der Waals surface area contributed by atoms with Crippen molar-refractivity contribution in [2.24, 2.45) is 0 Å². The molecule has 1 aromatic rings. The lowest BCUT2D eigenvalue weighted by molar-refractivity contribution is 0.0911. The predicted molar refractivity (Wildman–Crippen MR) is 69.1 cm³/mol. The van der Waals surface area contributed by atoms with Crippen molar-refractivity contribution in [3.05, 3.63) is 28.8 Å². The molecule has 0 bridgehead atoms. The summed E-state index contributed by atoms with van der Waals surface area (Å²) < 4.78 is 0. The van der Waals surface area contributed by atoms with Gasteiger partial charge in [0.2, 0.25) is 0 Å². The number of carbonyl (C=O) groups is 1. The van der Waals surface area contributed by atoms with Crippen molar-refractivity contribution in [2.75, 3.05) is 12.3 Å². The number of hydrogen-bond acceptors (Lipinski definition) is 3. The maximum Gasteiger partial charge on any atom is 0.253 e. The SMILES string of the molecule is CCCC(O)CNC(=O)c1cc(Cl)ccc1N. The van der Waals surface area contributed by atoms with Crippen molar-refractivity contribution in [3.63, 3.8) is 0 Å². The van der Waals surface area contributed by atoms with Gasteiger partial charge in [-0.15, -0.1) is 0 Å². The molecule has 94 valence electrons. The molecule has 1 amide bonds. The molecule has 1 rings (SSSR count). The van der Waals surface area contributed by atoms with Crippen LogP contribution in [-0.2, 0) is 0 Å². The highest BCUT2D eigenvalue weighted by molar-refractivity contribution is 6.31. The van der Waals surface area contributed by atoms with Gasteiger partial charge in [0.15, 0.2) is 0 Å². The van der Waals surface area contributed by atoms with Gasteiger partial charge >= 0.3 is 0 Å². The molecule has 17 heavy (non-hydrogen) atoms. The van der Waals surface area contributed by atoms with Crippen LogP contribution in [0.3, 0.4) is 0 Å². The molecular formula is C12H17ClN2O2. The van der Waals surface area contributed by atoms with E-state index < -0.39 is 6.10 Å². The van der Waals surface area contributed by atoms with Crippen LogP contribution in [0.4, 0.5) is 5.69 Å². The Balaban J connectivity index is 2.61. The van der Waals surface area contributed by atoms with E-state index in [2.05, 4.69) is 5.32 Å². The highest BCUT2D eigenvalue weighted by atomic mass is 35.5. The Bertz CT molecular complexity index is 396. The summed E-state index contributed by atoms with van der Waals surface area (Å²) in [5, 5.41) is 12.6. The maximum atomic E-state index is 11.8. The lowest BCUT2D eigenvalue weighted by Crippen LogP contribution is -2.32. The van der Waals surface area contributed by atoms with Crippen LogP contribution >= 0.6 is 11.6 Å². The summed E-state index contributed by atoms with van der Waals surface area (Å²) in [6.07, 6.45) is 1.01. The van der Waals surface area contributed by atoms with Crippen LogP contribution in [0, 0.1) is 0 Å². The van der Waals surface area contributed by atoms with E-state index in [1.807, 2.05) is 6.92 Å².